The second-order valence-electron chi connectivity index (χ2n) is 7.43. The first kappa shape index (κ1) is 21.2. The first-order valence-electron chi connectivity index (χ1n) is 9.41. The maximum atomic E-state index is 13.9. The topological polar surface area (TPSA) is 79.3 Å². The van der Waals surface area contributed by atoms with Gasteiger partial charge in [-0.2, -0.15) is 0 Å². The second kappa shape index (κ2) is 8.09. The molecule has 8 heteroatoms. The third-order valence-electron chi connectivity index (χ3n) is 4.93. The number of carboxylic acid groups (broad SMARTS) is 1. The molecular weight excluding hydrogens is 391 g/mol. The van der Waals surface area contributed by atoms with Crippen LogP contribution in [0.3, 0.4) is 0 Å². The van der Waals surface area contributed by atoms with Crippen molar-refractivity contribution in [1.82, 2.24) is 0 Å². The van der Waals surface area contributed by atoms with Crippen molar-refractivity contribution in [2.24, 2.45) is 0 Å². The summed E-state index contributed by atoms with van der Waals surface area (Å²) in [6, 6.07) is 11.3. The van der Waals surface area contributed by atoms with Crippen molar-refractivity contribution in [3.05, 3.63) is 47.5 Å². The number of anilines is 2. The van der Waals surface area contributed by atoms with Gasteiger partial charge in [-0.25, -0.2) is 0 Å². The maximum absolute atomic E-state index is 13.9. The molecule has 0 radical (unpaired) electrons. The summed E-state index contributed by atoms with van der Waals surface area (Å²) in [5, 5.41) is 9.44. The predicted octanol–water partition coefficient (Wildman–Crippen LogP) is 4.41. The third kappa shape index (κ3) is 4.11. The van der Waals surface area contributed by atoms with Crippen molar-refractivity contribution in [2.75, 3.05) is 50.8 Å². The Morgan fingerprint density at radius 1 is 1.03 bits per heavy atom. The van der Waals surface area contributed by atoms with Crippen LogP contribution < -0.4 is 14.5 Å². The van der Waals surface area contributed by atoms with Crippen LogP contribution in [0.5, 0.6) is 11.5 Å². The van der Waals surface area contributed by atoms with Crippen LogP contribution >= 0.6 is 7.37 Å². The third-order valence-corrected chi connectivity index (χ3v) is 7.68. The molecule has 1 aliphatic rings. The molecule has 0 saturated carbocycles. The first-order valence-corrected chi connectivity index (χ1v) is 11.3. The summed E-state index contributed by atoms with van der Waals surface area (Å²) in [6.45, 7) is 1.89. The lowest BCUT2D eigenvalue weighted by Crippen LogP contribution is -2.18. The molecule has 0 amide bonds. The Morgan fingerprint density at radius 2 is 1.52 bits per heavy atom. The Kier molecular flexibility index (Phi) is 5.92. The van der Waals surface area contributed by atoms with Gasteiger partial charge in [-0.1, -0.05) is 12.1 Å². The van der Waals surface area contributed by atoms with Gasteiger partial charge in [-0.15, -0.1) is 0 Å². The van der Waals surface area contributed by atoms with Gasteiger partial charge < -0.3 is 24.2 Å². The lowest BCUT2D eigenvalue weighted by Gasteiger charge is -2.34. The Hall–Kier alpha value is -2.50. The van der Waals surface area contributed by atoms with Crippen LogP contribution in [0.25, 0.3) is 0 Å². The van der Waals surface area contributed by atoms with Crippen LogP contribution in [0.1, 0.15) is 23.7 Å². The highest BCUT2D eigenvalue weighted by atomic mass is 31.2. The van der Waals surface area contributed by atoms with Gasteiger partial charge in [0.25, 0.3) is 0 Å². The Labute approximate surface area is 171 Å². The van der Waals surface area contributed by atoms with Crippen molar-refractivity contribution in [2.45, 2.75) is 12.6 Å². The molecule has 29 heavy (non-hydrogen) atoms. The van der Waals surface area contributed by atoms with Crippen molar-refractivity contribution in [3.63, 3.8) is 0 Å². The standard InChI is InChI=1S/C21H27N2O5P/c1-6-27-29(26,13-20(24)25)21-16-9-7-14(22(2)3)11-18(16)28-19-12-15(23(4)5)8-10-17(19)21/h7-12,21H,6,13H2,1-5H3,(H,24,25). The Morgan fingerprint density at radius 3 is 1.90 bits per heavy atom. The van der Waals surface area contributed by atoms with E-state index in [0.717, 1.165) is 11.4 Å². The van der Waals surface area contributed by atoms with Crippen LogP contribution in [-0.2, 0) is 13.9 Å². The largest absolute Gasteiger partial charge is 0.481 e. The second-order valence-corrected chi connectivity index (χ2v) is 9.98. The van der Waals surface area contributed by atoms with E-state index < -0.39 is 25.2 Å². The number of hydrogen-bond donors (Lipinski definition) is 1. The lowest BCUT2D eigenvalue weighted by molar-refractivity contribution is -0.134. The molecule has 0 aliphatic carbocycles. The highest BCUT2D eigenvalue weighted by molar-refractivity contribution is 7.60. The molecule has 1 heterocycles. The van der Waals surface area contributed by atoms with E-state index in [1.165, 1.54) is 0 Å². The summed E-state index contributed by atoms with van der Waals surface area (Å²) in [7, 11) is 4.10. The number of carbonyl (C=O) groups is 1. The van der Waals surface area contributed by atoms with E-state index in [1.807, 2.05) is 74.4 Å². The van der Waals surface area contributed by atoms with E-state index in [-0.39, 0.29) is 6.61 Å². The molecule has 1 N–H and O–H groups in total. The minimum absolute atomic E-state index is 0.165. The zero-order valence-corrected chi connectivity index (χ0v) is 18.3. The first-order chi connectivity index (χ1) is 13.7. The molecule has 3 rings (SSSR count). The number of carboxylic acids is 1. The highest BCUT2D eigenvalue weighted by Crippen LogP contribution is 2.67. The number of ether oxygens (including phenoxy) is 1. The highest BCUT2D eigenvalue weighted by Gasteiger charge is 2.44. The predicted molar refractivity (Wildman–Crippen MR) is 115 cm³/mol. The van der Waals surface area contributed by atoms with E-state index in [0.29, 0.717) is 22.6 Å². The number of aliphatic carboxylic acids is 1. The molecule has 0 spiro atoms. The monoisotopic (exact) mass is 418 g/mol. The number of benzene rings is 2. The molecule has 0 bridgehead atoms. The lowest BCUT2D eigenvalue weighted by atomic mass is 9.98. The van der Waals surface area contributed by atoms with Gasteiger partial charge in [0.15, 0.2) is 0 Å². The zero-order chi connectivity index (χ0) is 21.3. The van der Waals surface area contributed by atoms with Crippen molar-refractivity contribution >= 4 is 24.7 Å². The normalized spacial score (nSPS) is 14.9. The van der Waals surface area contributed by atoms with E-state index in [1.54, 1.807) is 6.92 Å². The van der Waals surface area contributed by atoms with Gasteiger partial charge in [0, 0.05) is 62.8 Å². The molecule has 0 fully saturated rings. The van der Waals surface area contributed by atoms with Gasteiger partial charge in [-0.05, 0) is 19.1 Å². The molecule has 1 unspecified atom stereocenters. The Bertz CT molecular complexity index is 916. The number of nitrogens with zero attached hydrogens (tertiary/aromatic N) is 2. The van der Waals surface area contributed by atoms with E-state index >= 15 is 0 Å². The average molecular weight is 418 g/mol. The molecular formula is C21H27N2O5P. The van der Waals surface area contributed by atoms with Gasteiger partial charge in [0.1, 0.15) is 17.7 Å². The Balaban J connectivity index is 2.24. The molecule has 0 aromatic heterocycles. The smallest absolute Gasteiger partial charge is 0.313 e. The molecule has 2 aromatic rings. The fourth-order valence-electron chi connectivity index (χ4n) is 3.56. The molecule has 1 aliphatic heterocycles. The number of rotatable bonds is 7. The van der Waals surface area contributed by atoms with Crippen LogP contribution in [0, 0.1) is 0 Å². The minimum Gasteiger partial charge on any atom is -0.481 e. The average Bonchev–Trinajstić information content (AvgIpc) is 2.64. The summed E-state index contributed by atoms with van der Waals surface area (Å²) in [5.41, 5.74) is 2.51. The molecule has 2 aromatic carbocycles. The number of hydrogen-bond acceptors (Lipinski definition) is 6. The van der Waals surface area contributed by atoms with Crippen molar-refractivity contribution < 1.29 is 23.7 Å². The van der Waals surface area contributed by atoms with Gasteiger partial charge in [0.05, 0.1) is 12.3 Å². The molecule has 7 nitrogen and oxygen atoms in total. The van der Waals surface area contributed by atoms with E-state index in [4.69, 9.17) is 9.26 Å². The summed E-state index contributed by atoms with van der Waals surface area (Å²) in [5.74, 6) is -0.0176. The minimum atomic E-state index is -3.60. The van der Waals surface area contributed by atoms with E-state index in [2.05, 4.69) is 0 Å². The van der Waals surface area contributed by atoms with Crippen LogP contribution in [-0.4, -0.2) is 52.0 Å². The fourth-order valence-corrected chi connectivity index (χ4v) is 6.07. The quantitative estimate of drug-likeness (QED) is 0.667. The zero-order valence-electron chi connectivity index (χ0n) is 17.4. The molecule has 1 atom stereocenters. The number of fused-ring (bicyclic) bond motifs is 2. The van der Waals surface area contributed by atoms with E-state index in [9.17, 15) is 14.5 Å². The van der Waals surface area contributed by atoms with Crippen molar-refractivity contribution in [1.29, 1.82) is 0 Å². The summed E-state index contributed by atoms with van der Waals surface area (Å²) in [4.78, 5) is 15.4. The molecule has 0 saturated heterocycles. The summed E-state index contributed by atoms with van der Waals surface area (Å²) >= 11 is 0. The van der Waals surface area contributed by atoms with Crippen LogP contribution in [0.4, 0.5) is 11.4 Å². The fraction of sp³-hybridized carbons (Fsp3) is 0.381. The summed E-state index contributed by atoms with van der Waals surface area (Å²) in [6.07, 6.45) is -0.546. The van der Waals surface area contributed by atoms with Gasteiger partial charge >= 0.3 is 5.97 Å². The van der Waals surface area contributed by atoms with Gasteiger partial charge in [0.2, 0.25) is 7.37 Å². The SMILES string of the molecule is CCOP(=O)(CC(=O)O)C1c2ccc(N(C)C)cc2Oc2cc(N(C)C)ccc21. The van der Waals surface area contributed by atoms with Gasteiger partial charge in [-0.3, -0.25) is 9.36 Å². The van der Waals surface area contributed by atoms with Crippen molar-refractivity contribution in [3.8, 4) is 11.5 Å². The summed E-state index contributed by atoms with van der Waals surface area (Å²) < 4.78 is 25.7. The van der Waals surface area contributed by atoms with Crippen LogP contribution in [0.15, 0.2) is 36.4 Å². The van der Waals surface area contributed by atoms with Crippen LogP contribution in [0.2, 0.25) is 0 Å². The molecule has 156 valence electrons. The maximum Gasteiger partial charge on any atom is 0.313 e.